The van der Waals surface area contributed by atoms with Crippen LogP contribution in [-0.4, -0.2) is 22.1 Å². The molecule has 1 fully saturated rings. The summed E-state index contributed by atoms with van der Waals surface area (Å²) in [6.07, 6.45) is 3.37. The lowest BCUT2D eigenvalue weighted by atomic mass is 10.3. The van der Waals surface area contributed by atoms with Crippen LogP contribution in [0.2, 0.25) is 0 Å². The Morgan fingerprint density at radius 2 is 2.19 bits per heavy atom. The molecule has 1 saturated carbocycles. The first-order chi connectivity index (χ1) is 7.61. The van der Waals surface area contributed by atoms with Gasteiger partial charge < -0.3 is 10.1 Å². The molecule has 1 aliphatic rings. The molecule has 2 rings (SSSR count). The predicted molar refractivity (Wildman–Crippen MR) is 63.8 cm³/mol. The van der Waals surface area contributed by atoms with Crippen LogP contribution in [-0.2, 0) is 0 Å². The van der Waals surface area contributed by atoms with Crippen molar-refractivity contribution in [2.24, 2.45) is 0 Å². The standard InChI is InChI=1S/C12H19N3O/c1-4-7-16-10-8-9(2)13-11(14-10)15-12(3)5-6-12/h8H,4-7H2,1-3H3,(H,13,14,15). The maximum absolute atomic E-state index is 5.52. The first-order valence-corrected chi connectivity index (χ1v) is 5.88. The lowest BCUT2D eigenvalue weighted by Gasteiger charge is -2.13. The molecule has 0 aliphatic heterocycles. The number of anilines is 1. The molecule has 1 aliphatic carbocycles. The molecule has 0 atom stereocenters. The van der Waals surface area contributed by atoms with E-state index in [0.717, 1.165) is 12.1 Å². The van der Waals surface area contributed by atoms with Crippen LogP contribution in [0, 0.1) is 6.92 Å². The Labute approximate surface area is 96.4 Å². The van der Waals surface area contributed by atoms with Gasteiger partial charge in [0, 0.05) is 17.3 Å². The van der Waals surface area contributed by atoms with Crippen molar-refractivity contribution in [1.82, 2.24) is 9.97 Å². The Kier molecular flexibility index (Phi) is 2.99. The molecule has 1 N–H and O–H groups in total. The van der Waals surface area contributed by atoms with Crippen molar-refractivity contribution in [3.05, 3.63) is 11.8 Å². The number of aromatic nitrogens is 2. The van der Waals surface area contributed by atoms with E-state index in [4.69, 9.17) is 4.74 Å². The fourth-order valence-electron chi connectivity index (χ4n) is 1.46. The smallest absolute Gasteiger partial charge is 0.226 e. The van der Waals surface area contributed by atoms with Crippen molar-refractivity contribution in [3.63, 3.8) is 0 Å². The molecule has 0 unspecified atom stereocenters. The van der Waals surface area contributed by atoms with Crippen LogP contribution < -0.4 is 10.1 Å². The van der Waals surface area contributed by atoms with E-state index < -0.39 is 0 Å². The van der Waals surface area contributed by atoms with Crippen LogP contribution in [0.5, 0.6) is 5.88 Å². The van der Waals surface area contributed by atoms with Gasteiger partial charge >= 0.3 is 0 Å². The summed E-state index contributed by atoms with van der Waals surface area (Å²) in [5, 5.41) is 3.35. The summed E-state index contributed by atoms with van der Waals surface area (Å²) < 4.78 is 5.52. The maximum Gasteiger partial charge on any atom is 0.226 e. The van der Waals surface area contributed by atoms with Crippen molar-refractivity contribution < 1.29 is 4.74 Å². The van der Waals surface area contributed by atoms with Crippen molar-refractivity contribution in [2.75, 3.05) is 11.9 Å². The molecule has 1 aromatic heterocycles. The van der Waals surface area contributed by atoms with Gasteiger partial charge in [0.15, 0.2) is 0 Å². The molecule has 0 bridgehead atoms. The molecular formula is C12H19N3O. The van der Waals surface area contributed by atoms with Crippen molar-refractivity contribution >= 4 is 5.95 Å². The minimum atomic E-state index is 0.204. The highest BCUT2D eigenvalue weighted by Crippen LogP contribution is 2.37. The number of hydrogen-bond acceptors (Lipinski definition) is 4. The summed E-state index contributed by atoms with van der Waals surface area (Å²) in [7, 11) is 0. The fraction of sp³-hybridized carbons (Fsp3) is 0.667. The van der Waals surface area contributed by atoms with E-state index in [-0.39, 0.29) is 5.54 Å². The van der Waals surface area contributed by atoms with Gasteiger partial charge in [-0.2, -0.15) is 4.98 Å². The summed E-state index contributed by atoms with van der Waals surface area (Å²) in [6.45, 7) is 6.93. The third kappa shape index (κ3) is 2.84. The first-order valence-electron chi connectivity index (χ1n) is 5.88. The maximum atomic E-state index is 5.52. The summed E-state index contributed by atoms with van der Waals surface area (Å²) in [5.74, 6) is 1.35. The fourth-order valence-corrected chi connectivity index (χ4v) is 1.46. The number of hydrogen-bond donors (Lipinski definition) is 1. The van der Waals surface area contributed by atoms with Crippen LogP contribution in [0.1, 0.15) is 38.8 Å². The van der Waals surface area contributed by atoms with E-state index in [2.05, 4.69) is 29.1 Å². The summed E-state index contributed by atoms with van der Waals surface area (Å²) >= 11 is 0. The highest BCUT2D eigenvalue weighted by atomic mass is 16.5. The van der Waals surface area contributed by atoms with Crippen LogP contribution in [0.4, 0.5) is 5.95 Å². The van der Waals surface area contributed by atoms with E-state index in [1.165, 1.54) is 12.8 Å². The van der Waals surface area contributed by atoms with E-state index in [1.807, 2.05) is 13.0 Å². The first kappa shape index (κ1) is 11.2. The molecule has 16 heavy (non-hydrogen) atoms. The van der Waals surface area contributed by atoms with Crippen molar-refractivity contribution in [2.45, 2.75) is 45.6 Å². The van der Waals surface area contributed by atoms with Gasteiger partial charge in [0.2, 0.25) is 11.8 Å². The Hall–Kier alpha value is -1.32. The third-order valence-electron chi connectivity index (χ3n) is 2.70. The zero-order valence-corrected chi connectivity index (χ0v) is 10.2. The largest absolute Gasteiger partial charge is 0.478 e. The van der Waals surface area contributed by atoms with Gasteiger partial charge in [-0.3, -0.25) is 0 Å². The minimum absolute atomic E-state index is 0.204. The Morgan fingerprint density at radius 3 is 2.81 bits per heavy atom. The summed E-state index contributed by atoms with van der Waals surface area (Å²) in [5.41, 5.74) is 1.14. The van der Waals surface area contributed by atoms with Crippen LogP contribution in [0.15, 0.2) is 6.07 Å². The Morgan fingerprint density at radius 1 is 1.44 bits per heavy atom. The van der Waals surface area contributed by atoms with E-state index in [9.17, 15) is 0 Å². The van der Waals surface area contributed by atoms with Gasteiger partial charge in [0.1, 0.15) is 0 Å². The van der Waals surface area contributed by atoms with Gasteiger partial charge in [-0.25, -0.2) is 4.98 Å². The summed E-state index contributed by atoms with van der Waals surface area (Å²) in [6, 6.07) is 1.87. The van der Waals surface area contributed by atoms with E-state index in [0.29, 0.717) is 18.4 Å². The molecule has 1 aromatic rings. The molecule has 4 heteroatoms. The Bertz CT molecular complexity index is 375. The van der Waals surface area contributed by atoms with Gasteiger partial charge in [0.25, 0.3) is 0 Å². The topological polar surface area (TPSA) is 47.0 Å². The van der Waals surface area contributed by atoms with E-state index >= 15 is 0 Å². The molecular weight excluding hydrogens is 202 g/mol. The summed E-state index contributed by atoms with van der Waals surface area (Å²) in [4.78, 5) is 8.72. The zero-order chi connectivity index (χ0) is 11.6. The second kappa shape index (κ2) is 4.28. The predicted octanol–water partition coefficient (Wildman–Crippen LogP) is 2.54. The van der Waals surface area contributed by atoms with Crippen LogP contribution in [0.25, 0.3) is 0 Å². The second-order valence-corrected chi connectivity index (χ2v) is 4.71. The highest BCUT2D eigenvalue weighted by molar-refractivity contribution is 5.36. The number of nitrogens with zero attached hydrogens (tertiary/aromatic N) is 2. The molecule has 0 amide bonds. The SMILES string of the molecule is CCCOc1cc(C)nc(NC2(C)CC2)n1. The second-order valence-electron chi connectivity index (χ2n) is 4.71. The van der Waals surface area contributed by atoms with Gasteiger partial charge in [0.05, 0.1) is 6.61 Å². The number of rotatable bonds is 5. The monoisotopic (exact) mass is 221 g/mol. The number of aryl methyl sites for hydroxylation is 1. The number of nitrogens with one attached hydrogen (secondary N) is 1. The van der Waals surface area contributed by atoms with Gasteiger partial charge in [-0.05, 0) is 33.1 Å². The molecule has 0 saturated heterocycles. The van der Waals surface area contributed by atoms with Gasteiger partial charge in [-0.15, -0.1) is 0 Å². The lowest BCUT2D eigenvalue weighted by Crippen LogP contribution is -2.18. The molecule has 88 valence electrons. The minimum Gasteiger partial charge on any atom is -0.478 e. The lowest BCUT2D eigenvalue weighted by molar-refractivity contribution is 0.305. The molecule has 1 heterocycles. The van der Waals surface area contributed by atoms with Crippen molar-refractivity contribution in [1.29, 1.82) is 0 Å². The van der Waals surface area contributed by atoms with E-state index in [1.54, 1.807) is 0 Å². The van der Waals surface area contributed by atoms with Crippen LogP contribution >= 0.6 is 0 Å². The zero-order valence-electron chi connectivity index (χ0n) is 10.2. The Balaban J connectivity index is 2.08. The molecule has 0 radical (unpaired) electrons. The van der Waals surface area contributed by atoms with Gasteiger partial charge in [-0.1, -0.05) is 6.92 Å². The third-order valence-corrected chi connectivity index (χ3v) is 2.70. The average Bonchev–Trinajstić information content (AvgIpc) is 2.92. The normalized spacial score (nSPS) is 16.9. The van der Waals surface area contributed by atoms with Crippen LogP contribution in [0.3, 0.4) is 0 Å². The quantitative estimate of drug-likeness (QED) is 0.830. The van der Waals surface area contributed by atoms with Crippen molar-refractivity contribution in [3.8, 4) is 5.88 Å². The highest BCUT2D eigenvalue weighted by Gasteiger charge is 2.37. The number of ether oxygens (including phenoxy) is 1. The molecule has 4 nitrogen and oxygen atoms in total. The average molecular weight is 221 g/mol. The molecule has 0 aromatic carbocycles. The molecule has 0 spiro atoms.